The van der Waals surface area contributed by atoms with Gasteiger partial charge in [-0.25, -0.2) is 13.1 Å². The van der Waals surface area contributed by atoms with Gasteiger partial charge in [0, 0.05) is 35.7 Å². The lowest BCUT2D eigenvalue weighted by atomic mass is 10.1. The van der Waals surface area contributed by atoms with Crippen LogP contribution in [0.15, 0.2) is 66.0 Å². The quantitative estimate of drug-likeness (QED) is 0.699. The number of halogens is 1. The number of hydrogen-bond acceptors (Lipinski definition) is 5. The molecule has 0 unspecified atom stereocenters. The molecule has 0 atom stereocenters. The smallest absolute Gasteiger partial charge is 0.244 e. The maximum Gasteiger partial charge on any atom is 0.244 e. The molecule has 0 spiro atoms. The van der Waals surface area contributed by atoms with Crippen LogP contribution in [0.25, 0.3) is 11.3 Å². The third-order valence-electron chi connectivity index (χ3n) is 3.66. The van der Waals surface area contributed by atoms with E-state index in [2.05, 4.69) is 14.7 Å². The standard InChI is InChI=1S/C18H16ClN3O3S/c1-25-17-5-4-15(19)10-18(17)26(23,24)22-11-13-6-8-21-16(9-13)14-3-2-7-20-12-14/h2-10,12,22H,11H2,1H3. The first-order valence-electron chi connectivity index (χ1n) is 7.68. The van der Waals surface area contributed by atoms with Crippen molar-refractivity contribution in [2.45, 2.75) is 11.4 Å². The Morgan fingerprint density at radius 1 is 1.15 bits per heavy atom. The highest BCUT2D eigenvalue weighted by molar-refractivity contribution is 7.89. The van der Waals surface area contributed by atoms with E-state index in [0.717, 1.165) is 16.8 Å². The Kier molecular flexibility index (Phi) is 5.51. The SMILES string of the molecule is COc1ccc(Cl)cc1S(=O)(=O)NCc1ccnc(-c2cccnc2)c1. The van der Waals surface area contributed by atoms with Gasteiger partial charge in [-0.2, -0.15) is 0 Å². The summed E-state index contributed by atoms with van der Waals surface area (Å²) in [7, 11) is -2.39. The van der Waals surface area contributed by atoms with Crippen molar-refractivity contribution >= 4 is 21.6 Å². The number of aromatic nitrogens is 2. The number of pyridine rings is 2. The normalized spacial score (nSPS) is 11.3. The second-order valence-electron chi connectivity index (χ2n) is 5.41. The van der Waals surface area contributed by atoms with E-state index in [-0.39, 0.29) is 17.2 Å². The Balaban J connectivity index is 1.82. The fourth-order valence-corrected chi connectivity index (χ4v) is 3.82. The minimum atomic E-state index is -3.79. The third kappa shape index (κ3) is 4.19. The molecule has 8 heteroatoms. The Labute approximate surface area is 156 Å². The van der Waals surface area contributed by atoms with E-state index in [1.54, 1.807) is 30.7 Å². The first kappa shape index (κ1) is 18.3. The van der Waals surface area contributed by atoms with Crippen molar-refractivity contribution in [3.8, 4) is 17.0 Å². The van der Waals surface area contributed by atoms with Crippen LogP contribution in [0.1, 0.15) is 5.56 Å². The fraction of sp³-hybridized carbons (Fsp3) is 0.111. The summed E-state index contributed by atoms with van der Waals surface area (Å²) in [6, 6.07) is 11.7. The van der Waals surface area contributed by atoms with Crippen LogP contribution in [0.2, 0.25) is 5.02 Å². The average Bonchev–Trinajstić information content (AvgIpc) is 2.67. The van der Waals surface area contributed by atoms with Crippen molar-refractivity contribution in [2.24, 2.45) is 0 Å². The lowest BCUT2D eigenvalue weighted by Crippen LogP contribution is -2.23. The molecule has 6 nitrogen and oxygen atoms in total. The van der Waals surface area contributed by atoms with Gasteiger partial charge in [-0.3, -0.25) is 9.97 Å². The number of hydrogen-bond donors (Lipinski definition) is 1. The Bertz CT molecular complexity index is 1010. The van der Waals surface area contributed by atoms with E-state index < -0.39 is 10.0 Å². The summed E-state index contributed by atoms with van der Waals surface area (Å²) in [4.78, 5) is 8.36. The molecular weight excluding hydrogens is 374 g/mol. The lowest BCUT2D eigenvalue weighted by molar-refractivity contribution is 0.402. The molecule has 0 aliphatic rings. The molecule has 0 bridgehead atoms. The van der Waals surface area contributed by atoms with Gasteiger partial charge < -0.3 is 4.74 Å². The first-order valence-corrected chi connectivity index (χ1v) is 9.54. The molecular formula is C18H16ClN3O3S. The Morgan fingerprint density at radius 3 is 2.73 bits per heavy atom. The summed E-state index contributed by atoms with van der Waals surface area (Å²) >= 11 is 5.92. The topological polar surface area (TPSA) is 81.2 Å². The molecule has 134 valence electrons. The summed E-state index contributed by atoms with van der Waals surface area (Å²) in [6.07, 6.45) is 5.01. The monoisotopic (exact) mass is 389 g/mol. The van der Waals surface area contributed by atoms with E-state index in [0.29, 0.717) is 5.02 Å². The number of nitrogens with one attached hydrogen (secondary N) is 1. The van der Waals surface area contributed by atoms with Crippen molar-refractivity contribution in [1.29, 1.82) is 0 Å². The summed E-state index contributed by atoms with van der Waals surface area (Å²) in [5, 5.41) is 0.314. The molecule has 0 fully saturated rings. The van der Waals surface area contributed by atoms with Crippen LogP contribution in [0.4, 0.5) is 0 Å². The summed E-state index contributed by atoms with van der Waals surface area (Å²) in [5.41, 5.74) is 2.34. The van der Waals surface area contributed by atoms with Crippen LogP contribution in [0, 0.1) is 0 Å². The molecule has 1 aromatic carbocycles. The number of benzene rings is 1. The second kappa shape index (κ2) is 7.82. The molecule has 2 aromatic heterocycles. The van der Waals surface area contributed by atoms with Gasteiger partial charge in [0.1, 0.15) is 10.6 Å². The van der Waals surface area contributed by atoms with Crippen LogP contribution in [0.3, 0.4) is 0 Å². The molecule has 0 amide bonds. The van der Waals surface area contributed by atoms with Crippen molar-refractivity contribution < 1.29 is 13.2 Å². The van der Waals surface area contributed by atoms with Crippen molar-refractivity contribution in [2.75, 3.05) is 7.11 Å². The molecule has 3 rings (SSSR count). The number of ether oxygens (including phenoxy) is 1. The maximum absolute atomic E-state index is 12.6. The van der Waals surface area contributed by atoms with Gasteiger partial charge >= 0.3 is 0 Å². The summed E-state index contributed by atoms with van der Waals surface area (Å²) in [6.45, 7) is 0.105. The van der Waals surface area contributed by atoms with E-state index in [4.69, 9.17) is 16.3 Å². The predicted molar refractivity (Wildman–Crippen MR) is 99.5 cm³/mol. The number of rotatable bonds is 6. The van der Waals surface area contributed by atoms with Gasteiger partial charge in [-0.15, -0.1) is 0 Å². The van der Waals surface area contributed by atoms with Crippen molar-refractivity contribution in [3.05, 3.63) is 71.6 Å². The van der Waals surface area contributed by atoms with E-state index in [1.807, 2.05) is 18.2 Å². The van der Waals surface area contributed by atoms with Crippen LogP contribution in [0.5, 0.6) is 5.75 Å². The van der Waals surface area contributed by atoms with Gasteiger partial charge in [0.15, 0.2) is 0 Å². The van der Waals surface area contributed by atoms with Gasteiger partial charge in [-0.1, -0.05) is 11.6 Å². The summed E-state index contributed by atoms with van der Waals surface area (Å²) < 4.78 is 32.9. The molecule has 3 aromatic rings. The zero-order valence-electron chi connectivity index (χ0n) is 13.9. The number of nitrogens with zero attached hydrogens (tertiary/aromatic N) is 2. The van der Waals surface area contributed by atoms with E-state index >= 15 is 0 Å². The van der Waals surface area contributed by atoms with Crippen LogP contribution >= 0.6 is 11.6 Å². The van der Waals surface area contributed by atoms with Crippen LogP contribution in [-0.4, -0.2) is 25.5 Å². The molecule has 0 aliphatic heterocycles. The van der Waals surface area contributed by atoms with Crippen molar-refractivity contribution in [1.82, 2.24) is 14.7 Å². The largest absolute Gasteiger partial charge is 0.495 e. The molecule has 0 saturated heterocycles. The van der Waals surface area contributed by atoms with E-state index in [1.165, 1.54) is 19.2 Å². The highest BCUT2D eigenvalue weighted by Crippen LogP contribution is 2.27. The lowest BCUT2D eigenvalue weighted by Gasteiger charge is -2.11. The highest BCUT2D eigenvalue weighted by Gasteiger charge is 2.19. The minimum Gasteiger partial charge on any atom is -0.495 e. The minimum absolute atomic E-state index is 0.00552. The van der Waals surface area contributed by atoms with Gasteiger partial charge in [-0.05, 0) is 48.0 Å². The summed E-state index contributed by atoms with van der Waals surface area (Å²) in [5.74, 6) is 0.229. The molecule has 0 aliphatic carbocycles. The average molecular weight is 390 g/mol. The van der Waals surface area contributed by atoms with Gasteiger partial charge in [0.2, 0.25) is 10.0 Å². The maximum atomic E-state index is 12.6. The molecule has 26 heavy (non-hydrogen) atoms. The second-order valence-corrected chi connectivity index (χ2v) is 7.58. The number of methoxy groups -OCH3 is 1. The molecule has 1 N–H and O–H groups in total. The third-order valence-corrected chi connectivity index (χ3v) is 5.32. The molecule has 0 radical (unpaired) electrons. The first-order chi connectivity index (χ1) is 12.5. The Morgan fingerprint density at radius 2 is 2.00 bits per heavy atom. The highest BCUT2D eigenvalue weighted by atomic mass is 35.5. The van der Waals surface area contributed by atoms with Crippen molar-refractivity contribution in [3.63, 3.8) is 0 Å². The zero-order chi connectivity index (χ0) is 18.6. The van der Waals surface area contributed by atoms with E-state index in [9.17, 15) is 8.42 Å². The fourth-order valence-electron chi connectivity index (χ4n) is 2.37. The van der Waals surface area contributed by atoms with Crippen LogP contribution < -0.4 is 9.46 Å². The molecule has 0 saturated carbocycles. The molecule has 2 heterocycles. The zero-order valence-corrected chi connectivity index (χ0v) is 15.5. The Hall–Kier alpha value is -2.48. The number of sulfonamides is 1. The van der Waals surface area contributed by atoms with Crippen LogP contribution in [-0.2, 0) is 16.6 Å². The van der Waals surface area contributed by atoms with Gasteiger partial charge in [0.25, 0.3) is 0 Å². The van der Waals surface area contributed by atoms with Gasteiger partial charge in [0.05, 0.1) is 12.8 Å². The predicted octanol–water partition coefficient (Wildman–Crippen LogP) is 3.28.